The number of fused-ring (bicyclic) bond motifs is 5. The molecule has 3 saturated carbocycles. The third-order valence-corrected chi connectivity index (χ3v) is 8.33. The molecule has 0 aromatic heterocycles. The van der Waals surface area contributed by atoms with Gasteiger partial charge in [0, 0.05) is 23.2 Å². The van der Waals surface area contributed by atoms with Gasteiger partial charge in [0.15, 0.2) is 11.6 Å². The van der Waals surface area contributed by atoms with Crippen molar-refractivity contribution in [1.29, 1.82) is 0 Å². The fraction of sp³-hybridized carbons (Fsp3) is 0.682. The predicted octanol–water partition coefficient (Wildman–Crippen LogP) is 2.01. The SMILES string of the molecule is C[C@H]1C[C@H]2[C@H](C(=O)C[C@@]3(C)[C@H]2CC[C@]3(O)C(=O)CO)[C@@]2(C)C=CC(=O)C=C12. The number of allylic oxidation sites excluding steroid dienone is 4. The summed E-state index contributed by atoms with van der Waals surface area (Å²) in [5.41, 5.74) is -1.91. The molecule has 3 fully saturated rings. The molecule has 0 heterocycles. The van der Waals surface area contributed by atoms with Crippen LogP contribution < -0.4 is 0 Å². The van der Waals surface area contributed by atoms with Gasteiger partial charge in [-0.15, -0.1) is 0 Å². The second-order valence-electron chi connectivity index (χ2n) is 9.54. The summed E-state index contributed by atoms with van der Waals surface area (Å²) < 4.78 is 0. The number of aliphatic hydroxyl groups is 2. The Morgan fingerprint density at radius 1 is 1.30 bits per heavy atom. The van der Waals surface area contributed by atoms with E-state index in [1.165, 1.54) is 0 Å². The van der Waals surface area contributed by atoms with Crippen molar-refractivity contribution >= 4 is 17.3 Å². The molecule has 0 radical (unpaired) electrons. The Labute approximate surface area is 159 Å². The molecule has 7 atom stereocenters. The first kappa shape index (κ1) is 18.8. The van der Waals surface area contributed by atoms with Gasteiger partial charge >= 0.3 is 0 Å². The Hall–Kier alpha value is -1.59. The van der Waals surface area contributed by atoms with E-state index in [-0.39, 0.29) is 41.7 Å². The zero-order valence-corrected chi connectivity index (χ0v) is 16.2. The van der Waals surface area contributed by atoms with Gasteiger partial charge in [0.1, 0.15) is 18.0 Å². The molecule has 0 aliphatic heterocycles. The average Bonchev–Trinajstić information content (AvgIpc) is 2.87. The van der Waals surface area contributed by atoms with Crippen molar-refractivity contribution < 1.29 is 24.6 Å². The molecule has 4 rings (SSSR count). The standard InChI is InChI=1S/C22H28O5/c1-12-8-14-15-5-7-22(27,18(26)11-23)21(15,3)10-17(25)19(14)20(2)6-4-13(24)9-16(12)20/h4,6,9,12,14-15,19,23,27H,5,7-8,10-11H2,1-3H3/t12-,14+,15-,19+,20-,21-,22-/m0/s1. The van der Waals surface area contributed by atoms with Gasteiger partial charge in [-0.25, -0.2) is 0 Å². The van der Waals surface area contributed by atoms with Crippen LogP contribution in [-0.2, 0) is 14.4 Å². The smallest absolute Gasteiger partial charge is 0.190 e. The lowest BCUT2D eigenvalue weighted by atomic mass is 9.45. The number of carbonyl (C=O) groups is 3. The van der Waals surface area contributed by atoms with E-state index in [2.05, 4.69) is 13.8 Å². The lowest BCUT2D eigenvalue weighted by Gasteiger charge is -2.58. The van der Waals surface area contributed by atoms with E-state index in [4.69, 9.17) is 0 Å². The average molecular weight is 372 g/mol. The first-order valence-corrected chi connectivity index (χ1v) is 9.93. The van der Waals surface area contributed by atoms with Crippen LogP contribution in [0.1, 0.15) is 46.5 Å². The number of rotatable bonds is 2. The molecular formula is C22H28O5. The minimum absolute atomic E-state index is 0.0235. The molecule has 0 saturated heterocycles. The number of ketones is 3. The van der Waals surface area contributed by atoms with Crippen molar-refractivity contribution in [1.82, 2.24) is 0 Å². The van der Waals surface area contributed by atoms with Gasteiger partial charge in [0.25, 0.3) is 0 Å². The minimum atomic E-state index is -1.63. The van der Waals surface area contributed by atoms with E-state index in [0.29, 0.717) is 12.8 Å². The van der Waals surface area contributed by atoms with Crippen LogP contribution in [0.2, 0.25) is 0 Å². The van der Waals surface area contributed by atoms with E-state index in [1.807, 2.05) is 13.0 Å². The topological polar surface area (TPSA) is 91.7 Å². The lowest BCUT2D eigenvalue weighted by molar-refractivity contribution is -0.169. The Balaban J connectivity index is 1.79. The van der Waals surface area contributed by atoms with Gasteiger partial charge in [-0.2, -0.15) is 0 Å². The van der Waals surface area contributed by atoms with Crippen molar-refractivity contribution in [3.63, 3.8) is 0 Å². The lowest BCUT2D eigenvalue weighted by Crippen LogP contribution is -2.61. The fourth-order valence-corrected chi connectivity index (χ4v) is 7.05. The third kappa shape index (κ3) is 2.21. The van der Waals surface area contributed by atoms with Gasteiger partial charge in [-0.3, -0.25) is 14.4 Å². The van der Waals surface area contributed by atoms with Gasteiger partial charge in [-0.05, 0) is 49.2 Å². The predicted molar refractivity (Wildman–Crippen MR) is 98.6 cm³/mol. The monoisotopic (exact) mass is 372 g/mol. The Morgan fingerprint density at radius 3 is 2.67 bits per heavy atom. The maximum atomic E-state index is 13.4. The highest BCUT2D eigenvalue weighted by atomic mass is 16.3. The van der Waals surface area contributed by atoms with Crippen LogP contribution >= 0.6 is 0 Å². The van der Waals surface area contributed by atoms with E-state index in [1.54, 1.807) is 12.2 Å². The van der Waals surface area contributed by atoms with Crippen LogP contribution in [0.3, 0.4) is 0 Å². The molecule has 4 aliphatic carbocycles. The summed E-state index contributed by atoms with van der Waals surface area (Å²) in [5, 5.41) is 20.6. The third-order valence-electron chi connectivity index (χ3n) is 8.33. The van der Waals surface area contributed by atoms with E-state index < -0.39 is 28.8 Å². The molecule has 146 valence electrons. The first-order valence-electron chi connectivity index (χ1n) is 9.93. The summed E-state index contributed by atoms with van der Waals surface area (Å²) in [6.07, 6.45) is 7.06. The molecule has 0 aromatic carbocycles. The minimum Gasteiger partial charge on any atom is -0.388 e. The fourth-order valence-electron chi connectivity index (χ4n) is 7.05. The van der Waals surface area contributed by atoms with Crippen LogP contribution in [0.5, 0.6) is 0 Å². The van der Waals surface area contributed by atoms with Gasteiger partial charge in [0.2, 0.25) is 0 Å². The number of carbonyl (C=O) groups excluding carboxylic acids is 3. The second-order valence-corrected chi connectivity index (χ2v) is 9.54. The summed E-state index contributed by atoms with van der Waals surface area (Å²) in [5.74, 6) is -0.484. The zero-order valence-electron chi connectivity index (χ0n) is 16.2. The molecule has 2 N–H and O–H groups in total. The Morgan fingerprint density at radius 2 is 2.00 bits per heavy atom. The molecule has 0 aromatic rings. The normalized spacial score (nSPS) is 48.6. The molecule has 0 unspecified atom stereocenters. The molecule has 27 heavy (non-hydrogen) atoms. The van der Waals surface area contributed by atoms with Crippen LogP contribution in [0.4, 0.5) is 0 Å². The highest BCUT2D eigenvalue weighted by Gasteiger charge is 2.68. The number of hydrogen-bond donors (Lipinski definition) is 2. The highest BCUT2D eigenvalue weighted by Crippen LogP contribution is 2.66. The van der Waals surface area contributed by atoms with Crippen LogP contribution in [0.25, 0.3) is 0 Å². The summed E-state index contributed by atoms with van der Waals surface area (Å²) >= 11 is 0. The van der Waals surface area contributed by atoms with Crippen molar-refractivity contribution in [2.75, 3.05) is 6.61 Å². The number of aliphatic hydroxyl groups excluding tert-OH is 1. The first-order chi connectivity index (χ1) is 12.6. The summed E-state index contributed by atoms with van der Waals surface area (Å²) in [7, 11) is 0. The van der Waals surface area contributed by atoms with Crippen molar-refractivity contribution in [3.05, 3.63) is 23.8 Å². The maximum Gasteiger partial charge on any atom is 0.190 e. The van der Waals surface area contributed by atoms with Crippen LogP contribution in [0.15, 0.2) is 23.8 Å². The van der Waals surface area contributed by atoms with Crippen molar-refractivity contribution in [2.24, 2.45) is 34.5 Å². The number of hydrogen-bond acceptors (Lipinski definition) is 5. The molecule has 5 nitrogen and oxygen atoms in total. The van der Waals surface area contributed by atoms with Crippen LogP contribution in [0, 0.1) is 34.5 Å². The Bertz CT molecular complexity index is 795. The van der Waals surface area contributed by atoms with Crippen LogP contribution in [-0.4, -0.2) is 39.8 Å². The van der Waals surface area contributed by atoms with Gasteiger partial charge in [0.05, 0.1) is 0 Å². The summed E-state index contributed by atoms with van der Waals surface area (Å²) in [6, 6.07) is 0. The number of Topliss-reactive ketones (excluding diaryl/α,β-unsaturated/α-hetero) is 2. The second kappa shape index (κ2) is 5.71. The Kier molecular flexibility index (Phi) is 3.97. The highest BCUT2D eigenvalue weighted by molar-refractivity contribution is 6.02. The largest absolute Gasteiger partial charge is 0.388 e. The molecular weight excluding hydrogens is 344 g/mol. The molecule has 4 aliphatic rings. The zero-order chi connectivity index (χ0) is 19.8. The van der Waals surface area contributed by atoms with E-state index >= 15 is 0 Å². The van der Waals surface area contributed by atoms with Gasteiger partial charge in [-0.1, -0.05) is 32.4 Å². The van der Waals surface area contributed by atoms with E-state index in [0.717, 1.165) is 12.0 Å². The summed E-state index contributed by atoms with van der Waals surface area (Å²) in [6.45, 7) is 5.30. The maximum absolute atomic E-state index is 13.4. The molecule has 0 bridgehead atoms. The van der Waals surface area contributed by atoms with Crippen molar-refractivity contribution in [2.45, 2.75) is 52.1 Å². The van der Waals surface area contributed by atoms with E-state index in [9.17, 15) is 24.6 Å². The summed E-state index contributed by atoms with van der Waals surface area (Å²) in [4.78, 5) is 37.7. The molecule has 5 heteroatoms. The molecule has 0 amide bonds. The molecule has 0 spiro atoms. The van der Waals surface area contributed by atoms with Crippen molar-refractivity contribution in [3.8, 4) is 0 Å². The van der Waals surface area contributed by atoms with Gasteiger partial charge < -0.3 is 10.2 Å². The quantitative estimate of drug-likeness (QED) is 0.774.